The first-order chi connectivity index (χ1) is 9.15. The first kappa shape index (κ1) is 13.2. The van der Waals surface area contributed by atoms with Gasteiger partial charge in [0.15, 0.2) is 0 Å². The van der Waals surface area contributed by atoms with Crippen molar-refractivity contribution in [2.75, 3.05) is 13.2 Å². The van der Waals surface area contributed by atoms with Crippen molar-refractivity contribution in [3.05, 3.63) is 46.7 Å². The van der Waals surface area contributed by atoms with E-state index in [1.807, 2.05) is 0 Å². The van der Waals surface area contributed by atoms with Crippen LogP contribution in [-0.2, 0) is 7.05 Å². The van der Waals surface area contributed by atoms with E-state index in [1.165, 1.54) is 4.68 Å². The second kappa shape index (κ2) is 5.62. The zero-order valence-electron chi connectivity index (χ0n) is 10.5. The van der Waals surface area contributed by atoms with Gasteiger partial charge in [0.05, 0.1) is 17.9 Å². The van der Waals surface area contributed by atoms with Crippen LogP contribution in [0.25, 0.3) is 10.8 Å². The Bertz CT molecular complexity index is 679. The second-order valence-corrected chi connectivity index (χ2v) is 4.08. The van der Waals surface area contributed by atoms with Crippen LogP contribution in [0.5, 0.6) is 5.75 Å². The van der Waals surface area contributed by atoms with E-state index in [0.29, 0.717) is 28.4 Å². The van der Waals surface area contributed by atoms with Crippen LogP contribution >= 0.6 is 0 Å². The molecule has 6 heteroatoms. The molecule has 0 saturated heterocycles. The maximum absolute atomic E-state index is 12.3. The van der Waals surface area contributed by atoms with Crippen LogP contribution in [0.3, 0.4) is 0 Å². The molecule has 1 aromatic carbocycles. The molecular formula is C13H14FN3O2. The lowest BCUT2D eigenvalue weighted by molar-refractivity contribution is 0.348. The Morgan fingerprint density at radius 2 is 2.37 bits per heavy atom. The van der Waals surface area contributed by atoms with Gasteiger partial charge in [-0.25, -0.2) is 9.07 Å². The minimum absolute atomic E-state index is 0.0801. The fourth-order valence-corrected chi connectivity index (χ4v) is 1.62. The molecule has 0 unspecified atom stereocenters. The quantitative estimate of drug-likeness (QED) is 0.897. The molecule has 0 aliphatic carbocycles. The molecule has 0 bridgehead atoms. The molecule has 0 atom stereocenters. The molecule has 5 nitrogen and oxygen atoms in total. The van der Waals surface area contributed by atoms with Gasteiger partial charge in [0.25, 0.3) is 5.56 Å². The second-order valence-electron chi connectivity index (χ2n) is 4.08. The number of aromatic nitrogens is 2. The van der Waals surface area contributed by atoms with Crippen molar-refractivity contribution in [1.29, 1.82) is 0 Å². The van der Waals surface area contributed by atoms with E-state index in [2.05, 4.69) is 5.10 Å². The highest BCUT2D eigenvalue weighted by atomic mass is 19.1. The van der Waals surface area contributed by atoms with Gasteiger partial charge in [-0.05, 0) is 18.2 Å². The van der Waals surface area contributed by atoms with E-state index in [4.69, 9.17) is 10.5 Å². The van der Waals surface area contributed by atoms with Gasteiger partial charge in [0, 0.05) is 24.6 Å². The number of nitrogens with zero attached hydrogens (tertiary/aromatic N) is 2. The minimum Gasteiger partial charge on any atom is -0.489 e. The van der Waals surface area contributed by atoms with E-state index < -0.39 is 0 Å². The van der Waals surface area contributed by atoms with Crippen molar-refractivity contribution in [3.8, 4) is 5.75 Å². The summed E-state index contributed by atoms with van der Waals surface area (Å²) in [6.07, 6.45) is 2.02. The lowest BCUT2D eigenvalue weighted by atomic mass is 10.2. The smallest absolute Gasteiger partial charge is 0.274 e. The van der Waals surface area contributed by atoms with Gasteiger partial charge in [-0.2, -0.15) is 5.10 Å². The fourth-order valence-electron chi connectivity index (χ4n) is 1.62. The summed E-state index contributed by atoms with van der Waals surface area (Å²) in [7, 11) is 1.59. The molecule has 2 N–H and O–H groups in total. The van der Waals surface area contributed by atoms with Gasteiger partial charge in [-0.15, -0.1) is 0 Å². The maximum atomic E-state index is 12.3. The van der Waals surface area contributed by atoms with Crippen molar-refractivity contribution in [1.82, 2.24) is 9.78 Å². The molecule has 0 spiro atoms. The summed E-state index contributed by atoms with van der Waals surface area (Å²) in [5, 5.41) is 5.17. The Morgan fingerprint density at radius 3 is 3.05 bits per heavy atom. The monoisotopic (exact) mass is 263 g/mol. The van der Waals surface area contributed by atoms with E-state index in [9.17, 15) is 9.18 Å². The average Bonchev–Trinajstić information content (AvgIpc) is 2.44. The fraction of sp³-hybridized carbons (Fsp3) is 0.231. The highest BCUT2D eigenvalue weighted by molar-refractivity contribution is 5.82. The molecule has 0 amide bonds. The molecule has 2 aromatic rings. The van der Waals surface area contributed by atoms with Crippen molar-refractivity contribution < 1.29 is 9.13 Å². The molecule has 0 saturated carbocycles. The maximum Gasteiger partial charge on any atom is 0.274 e. The third-order valence-corrected chi connectivity index (χ3v) is 2.76. The SMILES string of the molecule is Cn1ncc2cc(OC/C(=C/F)CN)ccc2c1=O. The third kappa shape index (κ3) is 2.79. The molecule has 100 valence electrons. The lowest BCUT2D eigenvalue weighted by Gasteiger charge is -2.08. The molecule has 0 aliphatic rings. The van der Waals surface area contributed by atoms with Crippen molar-refractivity contribution in [3.63, 3.8) is 0 Å². The third-order valence-electron chi connectivity index (χ3n) is 2.76. The summed E-state index contributed by atoms with van der Waals surface area (Å²) >= 11 is 0. The number of fused-ring (bicyclic) bond motifs is 1. The standard InChI is InChI=1S/C13H14FN3O2/c1-17-13(18)12-3-2-11(4-10(12)7-16-17)19-8-9(5-14)6-15/h2-5,7H,6,8,15H2,1H3/b9-5+. The van der Waals surface area contributed by atoms with Gasteiger partial charge in [0.1, 0.15) is 12.4 Å². The number of hydrogen-bond donors (Lipinski definition) is 1. The van der Waals surface area contributed by atoms with Gasteiger partial charge in [-0.3, -0.25) is 4.79 Å². The topological polar surface area (TPSA) is 70.1 Å². The van der Waals surface area contributed by atoms with E-state index in [0.717, 1.165) is 0 Å². The number of aryl methyl sites for hydroxylation is 1. The Balaban J connectivity index is 2.28. The zero-order chi connectivity index (χ0) is 13.8. The van der Waals surface area contributed by atoms with Crippen LogP contribution in [-0.4, -0.2) is 22.9 Å². The summed E-state index contributed by atoms with van der Waals surface area (Å²) in [5.74, 6) is 0.537. The predicted molar refractivity (Wildman–Crippen MR) is 70.7 cm³/mol. The Labute approximate surface area is 109 Å². The van der Waals surface area contributed by atoms with Gasteiger partial charge >= 0.3 is 0 Å². The number of benzene rings is 1. The normalized spacial score (nSPS) is 11.8. The van der Waals surface area contributed by atoms with E-state index in [-0.39, 0.29) is 18.7 Å². The number of ether oxygens (including phenoxy) is 1. The van der Waals surface area contributed by atoms with Crippen LogP contribution in [0.4, 0.5) is 4.39 Å². The number of rotatable bonds is 4. The average molecular weight is 263 g/mol. The van der Waals surface area contributed by atoms with Crippen molar-refractivity contribution in [2.24, 2.45) is 12.8 Å². The summed E-state index contributed by atoms with van der Waals surface area (Å²) in [6, 6.07) is 5.02. The van der Waals surface area contributed by atoms with E-state index >= 15 is 0 Å². The molecule has 0 aliphatic heterocycles. The van der Waals surface area contributed by atoms with Crippen LogP contribution in [0.15, 0.2) is 41.1 Å². The highest BCUT2D eigenvalue weighted by Gasteiger charge is 2.04. The summed E-state index contributed by atoms with van der Waals surface area (Å²) in [6.45, 7) is 0.183. The van der Waals surface area contributed by atoms with Crippen LogP contribution < -0.4 is 16.0 Å². The predicted octanol–water partition coefficient (Wildman–Crippen LogP) is 1.12. The Morgan fingerprint density at radius 1 is 1.58 bits per heavy atom. The Hall–Kier alpha value is -2.21. The molecule has 0 fully saturated rings. The zero-order valence-corrected chi connectivity index (χ0v) is 10.5. The van der Waals surface area contributed by atoms with Crippen molar-refractivity contribution in [2.45, 2.75) is 0 Å². The lowest BCUT2D eigenvalue weighted by Crippen LogP contribution is -2.18. The first-order valence-electron chi connectivity index (χ1n) is 5.72. The van der Waals surface area contributed by atoms with Crippen LogP contribution in [0.1, 0.15) is 0 Å². The minimum atomic E-state index is -0.171. The number of nitrogens with two attached hydrogens (primary N) is 1. The van der Waals surface area contributed by atoms with Gasteiger partial charge in [-0.1, -0.05) is 0 Å². The van der Waals surface area contributed by atoms with Crippen molar-refractivity contribution >= 4 is 10.8 Å². The summed E-state index contributed by atoms with van der Waals surface area (Å²) in [4.78, 5) is 11.8. The van der Waals surface area contributed by atoms with Gasteiger partial charge in [0.2, 0.25) is 0 Å². The largest absolute Gasteiger partial charge is 0.489 e. The van der Waals surface area contributed by atoms with Crippen LogP contribution in [0, 0.1) is 0 Å². The molecule has 0 radical (unpaired) electrons. The van der Waals surface area contributed by atoms with Gasteiger partial charge < -0.3 is 10.5 Å². The summed E-state index contributed by atoms with van der Waals surface area (Å²) < 4.78 is 19.0. The summed E-state index contributed by atoms with van der Waals surface area (Å²) in [5.41, 5.74) is 5.52. The molecule has 19 heavy (non-hydrogen) atoms. The number of halogens is 1. The van der Waals surface area contributed by atoms with E-state index in [1.54, 1.807) is 31.4 Å². The molecule has 2 rings (SSSR count). The molecule has 1 heterocycles. The number of hydrogen-bond acceptors (Lipinski definition) is 4. The highest BCUT2D eigenvalue weighted by Crippen LogP contribution is 2.18. The Kier molecular flexibility index (Phi) is 3.91. The van der Waals surface area contributed by atoms with Crippen LogP contribution in [0.2, 0.25) is 0 Å². The molecular weight excluding hydrogens is 249 g/mol. The first-order valence-corrected chi connectivity index (χ1v) is 5.72. The molecule has 1 aromatic heterocycles.